The third-order valence-corrected chi connectivity index (χ3v) is 3.93. The Kier molecular flexibility index (Phi) is 9.15. The molecule has 7 heteroatoms. The summed E-state index contributed by atoms with van der Waals surface area (Å²) in [7, 11) is 3.05. The van der Waals surface area contributed by atoms with Gasteiger partial charge in [-0.3, -0.25) is 0 Å². The van der Waals surface area contributed by atoms with E-state index in [0.29, 0.717) is 17.1 Å². The van der Waals surface area contributed by atoms with Crippen molar-refractivity contribution < 1.29 is 33.6 Å². The van der Waals surface area contributed by atoms with Crippen LogP contribution in [-0.2, 0) is 19.1 Å². The Morgan fingerprint density at radius 1 is 0.900 bits per heavy atom. The van der Waals surface area contributed by atoms with Crippen LogP contribution >= 0.6 is 0 Å². The fourth-order valence-electron chi connectivity index (χ4n) is 2.40. The van der Waals surface area contributed by atoms with Gasteiger partial charge in [-0.25, -0.2) is 9.59 Å². The van der Waals surface area contributed by atoms with Gasteiger partial charge in [-0.05, 0) is 35.4 Å². The lowest BCUT2D eigenvalue weighted by molar-refractivity contribution is -0.154. The monoisotopic (exact) mass is 412 g/mol. The van der Waals surface area contributed by atoms with Gasteiger partial charge in [0.15, 0.2) is 17.6 Å². The van der Waals surface area contributed by atoms with E-state index in [9.17, 15) is 14.7 Å². The lowest BCUT2D eigenvalue weighted by Crippen LogP contribution is -2.27. The molecule has 1 atom stereocenters. The van der Waals surface area contributed by atoms with Gasteiger partial charge in [0.05, 0.1) is 20.8 Å². The van der Waals surface area contributed by atoms with E-state index in [4.69, 9.17) is 18.9 Å². The van der Waals surface area contributed by atoms with Crippen LogP contribution in [0.25, 0.3) is 12.2 Å². The second kappa shape index (κ2) is 12.1. The first-order valence-corrected chi connectivity index (χ1v) is 9.17. The van der Waals surface area contributed by atoms with Gasteiger partial charge in [0.2, 0.25) is 0 Å². The maximum absolute atomic E-state index is 11.9. The number of aliphatic hydroxyl groups is 1. The molecule has 0 saturated heterocycles. The summed E-state index contributed by atoms with van der Waals surface area (Å²) in [6.45, 7) is -0.742. The van der Waals surface area contributed by atoms with Gasteiger partial charge in [-0.15, -0.1) is 0 Å². The minimum Gasteiger partial charge on any atom is -0.493 e. The zero-order valence-electron chi connectivity index (χ0n) is 16.8. The molecule has 2 aromatic carbocycles. The van der Waals surface area contributed by atoms with Gasteiger partial charge in [0.25, 0.3) is 0 Å². The van der Waals surface area contributed by atoms with Crippen molar-refractivity contribution >= 4 is 24.1 Å². The molecule has 7 nitrogen and oxygen atoms in total. The average molecular weight is 412 g/mol. The molecule has 30 heavy (non-hydrogen) atoms. The number of rotatable bonds is 10. The Balaban J connectivity index is 1.84. The second-order valence-electron chi connectivity index (χ2n) is 6.06. The predicted octanol–water partition coefficient (Wildman–Crippen LogP) is 2.88. The summed E-state index contributed by atoms with van der Waals surface area (Å²) in [5.74, 6) is -0.177. The Morgan fingerprint density at radius 3 is 2.23 bits per heavy atom. The van der Waals surface area contributed by atoms with Crippen LogP contribution < -0.4 is 9.47 Å². The van der Waals surface area contributed by atoms with Crippen LogP contribution in [0.15, 0.2) is 60.7 Å². The first-order chi connectivity index (χ1) is 14.5. The number of aliphatic hydroxyl groups excluding tert-OH is 1. The molecule has 158 valence electrons. The van der Waals surface area contributed by atoms with Crippen LogP contribution in [0, 0.1) is 0 Å². The molecule has 0 aliphatic heterocycles. The van der Waals surface area contributed by atoms with Crippen molar-refractivity contribution in [2.45, 2.75) is 6.10 Å². The molecule has 0 heterocycles. The minimum atomic E-state index is -0.962. The summed E-state index contributed by atoms with van der Waals surface area (Å²) in [6.07, 6.45) is 4.65. The number of carbonyl (C=O) groups excluding carboxylic acids is 2. The molecule has 0 aliphatic carbocycles. The molecule has 1 N–H and O–H groups in total. The van der Waals surface area contributed by atoms with Crippen molar-refractivity contribution in [1.82, 2.24) is 0 Å². The Bertz CT molecular complexity index is 888. The van der Waals surface area contributed by atoms with E-state index < -0.39 is 24.6 Å². The zero-order valence-corrected chi connectivity index (χ0v) is 16.8. The first-order valence-electron chi connectivity index (χ1n) is 9.17. The summed E-state index contributed by atoms with van der Waals surface area (Å²) in [4.78, 5) is 23.8. The smallest absolute Gasteiger partial charge is 0.331 e. The molecule has 0 radical (unpaired) electrons. The number of ether oxygens (including phenoxy) is 4. The van der Waals surface area contributed by atoms with E-state index in [2.05, 4.69) is 0 Å². The van der Waals surface area contributed by atoms with E-state index in [0.717, 1.165) is 5.56 Å². The van der Waals surface area contributed by atoms with Crippen LogP contribution in [0.2, 0.25) is 0 Å². The molecule has 0 aliphatic rings. The van der Waals surface area contributed by atoms with Crippen LogP contribution in [0.4, 0.5) is 0 Å². The van der Waals surface area contributed by atoms with Crippen molar-refractivity contribution in [2.24, 2.45) is 0 Å². The van der Waals surface area contributed by atoms with E-state index >= 15 is 0 Å². The quantitative estimate of drug-likeness (QED) is 0.474. The Morgan fingerprint density at radius 2 is 1.57 bits per heavy atom. The second-order valence-corrected chi connectivity index (χ2v) is 6.06. The zero-order chi connectivity index (χ0) is 21.8. The van der Waals surface area contributed by atoms with E-state index in [1.807, 2.05) is 30.3 Å². The Hall–Kier alpha value is -3.58. The fraction of sp³-hybridized carbons (Fsp3) is 0.217. The average Bonchev–Trinajstić information content (AvgIpc) is 2.79. The summed E-state index contributed by atoms with van der Waals surface area (Å²) >= 11 is 0. The van der Waals surface area contributed by atoms with Gasteiger partial charge < -0.3 is 24.1 Å². The maximum atomic E-state index is 11.9. The molecule has 0 fully saturated rings. The number of benzene rings is 2. The molecule has 0 saturated carbocycles. The van der Waals surface area contributed by atoms with Gasteiger partial charge in [0, 0.05) is 12.2 Å². The topological polar surface area (TPSA) is 91.3 Å². The van der Waals surface area contributed by atoms with Crippen LogP contribution in [0.3, 0.4) is 0 Å². The largest absolute Gasteiger partial charge is 0.493 e. The summed E-state index contributed by atoms with van der Waals surface area (Å²) < 4.78 is 20.5. The number of carbonyl (C=O) groups is 2. The number of hydrogen-bond acceptors (Lipinski definition) is 7. The lowest BCUT2D eigenvalue weighted by Gasteiger charge is -2.13. The molecule has 0 aromatic heterocycles. The molecule has 0 amide bonds. The minimum absolute atomic E-state index is 0.267. The number of hydrogen-bond donors (Lipinski definition) is 1. The van der Waals surface area contributed by atoms with Crippen molar-refractivity contribution in [3.63, 3.8) is 0 Å². The van der Waals surface area contributed by atoms with Crippen molar-refractivity contribution in [3.8, 4) is 11.5 Å². The van der Waals surface area contributed by atoms with Crippen LogP contribution in [0.1, 0.15) is 11.1 Å². The van der Waals surface area contributed by atoms with Gasteiger partial charge in [-0.2, -0.15) is 0 Å². The molecule has 2 aromatic rings. The van der Waals surface area contributed by atoms with Crippen molar-refractivity contribution in [2.75, 3.05) is 27.4 Å². The van der Waals surface area contributed by atoms with Gasteiger partial charge in [-0.1, -0.05) is 36.4 Å². The first kappa shape index (κ1) is 22.7. The highest BCUT2D eigenvalue weighted by molar-refractivity contribution is 5.88. The maximum Gasteiger partial charge on any atom is 0.331 e. The highest BCUT2D eigenvalue weighted by Gasteiger charge is 2.14. The number of methoxy groups -OCH3 is 2. The molecular formula is C23H24O7. The van der Waals surface area contributed by atoms with Crippen LogP contribution in [0.5, 0.6) is 11.5 Å². The third-order valence-electron chi connectivity index (χ3n) is 3.93. The predicted molar refractivity (Wildman–Crippen MR) is 112 cm³/mol. The van der Waals surface area contributed by atoms with E-state index in [1.165, 1.54) is 26.4 Å². The molecule has 0 spiro atoms. The fourth-order valence-corrected chi connectivity index (χ4v) is 2.40. The number of esters is 2. The van der Waals surface area contributed by atoms with E-state index in [1.54, 1.807) is 30.4 Å². The third kappa shape index (κ3) is 7.44. The highest BCUT2D eigenvalue weighted by Crippen LogP contribution is 2.27. The SMILES string of the molecule is COc1ccc(C=CC(=O)OCC(CO)OC(=O)C=Cc2ccccc2)cc1OC. The highest BCUT2D eigenvalue weighted by atomic mass is 16.6. The molecule has 0 bridgehead atoms. The summed E-state index contributed by atoms with van der Waals surface area (Å²) in [5.41, 5.74) is 1.54. The van der Waals surface area contributed by atoms with Crippen molar-refractivity contribution in [1.29, 1.82) is 0 Å². The van der Waals surface area contributed by atoms with E-state index in [-0.39, 0.29) is 6.61 Å². The van der Waals surface area contributed by atoms with Crippen LogP contribution in [-0.4, -0.2) is 50.6 Å². The standard InChI is InChI=1S/C23H24O7/c1-27-20-11-8-18(14-21(20)28-2)10-12-22(25)29-16-19(15-24)30-23(26)13-9-17-6-4-3-5-7-17/h3-14,19,24H,15-16H2,1-2H3. The molecule has 2 rings (SSSR count). The summed E-state index contributed by atoms with van der Waals surface area (Å²) in [5, 5.41) is 9.35. The normalized spacial score (nSPS) is 12.0. The van der Waals surface area contributed by atoms with Gasteiger partial charge in [0.1, 0.15) is 6.61 Å². The summed E-state index contributed by atoms with van der Waals surface area (Å²) in [6, 6.07) is 14.4. The van der Waals surface area contributed by atoms with Crippen molar-refractivity contribution in [3.05, 3.63) is 71.8 Å². The lowest BCUT2D eigenvalue weighted by atomic mass is 10.2. The Labute approximate surface area is 175 Å². The molecular weight excluding hydrogens is 388 g/mol. The van der Waals surface area contributed by atoms with Gasteiger partial charge >= 0.3 is 11.9 Å². The molecule has 1 unspecified atom stereocenters.